The number of nitrogens with one attached hydrogen (secondary N) is 4. The van der Waals surface area contributed by atoms with Gasteiger partial charge in [0.1, 0.15) is 5.69 Å². The highest BCUT2D eigenvalue weighted by atomic mass is 19.2. The first-order chi connectivity index (χ1) is 28.5. The normalized spacial score (nSPS) is 12.6. The summed E-state index contributed by atoms with van der Waals surface area (Å²) in [5, 5.41) is 2.32. The third-order valence-corrected chi connectivity index (χ3v) is 10.0. The van der Waals surface area contributed by atoms with E-state index in [9.17, 15) is 26.3 Å². The van der Waals surface area contributed by atoms with Crippen molar-refractivity contribution in [1.82, 2.24) is 19.9 Å². The summed E-state index contributed by atoms with van der Waals surface area (Å²) >= 11 is 0. The Morgan fingerprint density at radius 3 is 1.05 bits per heavy atom. The van der Waals surface area contributed by atoms with Gasteiger partial charge in [0.2, 0.25) is 11.6 Å². The molecule has 0 aliphatic carbocycles. The summed E-state index contributed by atoms with van der Waals surface area (Å²) in [5.74, 6) is -31.6. The zero-order chi connectivity index (χ0) is 43.2. The molecule has 1 aliphatic heterocycles. The van der Waals surface area contributed by atoms with E-state index in [1.54, 1.807) is 6.92 Å². The molecule has 5 heterocycles. The lowest BCUT2D eigenvalue weighted by Gasteiger charge is -2.17. The molecule has 4 N–H and O–H groups in total. The molecule has 0 fully saturated rings. The van der Waals surface area contributed by atoms with Crippen LogP contribution in [0.5, 0.6) is 0 Å². The minimum Gasteiger partial charge on any atom is -0.378 e. The van der Waals surface area contributed by atoms with E-state index in [2.05, 4.69) is 25.3 Å². The molecule has 0 radical (unpaired) electrons. The molecule has 4 aromatic heterocycles. The first-order valence-corrected chi connectivity index (χ1v) is 17.5. The van der Waals surface area contributed by atoms with Crippen LogP contribution in [0.4, 0.5) is 67.2 Å². The Morgan fingerprint density at radius 2 is 0.683 bits per heavy atom. The second-order valence-corrected chi connectivity index (χ2v) is 13.5. The van der Waals surface area contributed by atoms with Crippen LogP contribution in [-0.4, -0.2) is 26.0 Å². The van der Waals surface area contributed by atoms with Crippen molar-refractivity contribution in [2.24, 2.45) is 0 Å². The number of benzene rings is 3. The molecule has 1 atom stereocenters. The molecule has 19 heteroatoms. The topological polar surface area (TPSA) is 72.3 Å². The van der Waals surface area contributed by atoms with Gasteiger partial charge >= 0.3 is 0 Å². The van der Waals surface area contributed by atoms with E-state index in [-0.39, 0.29) is 23.0 Å². The summed E-state index contributed by atoms with van der Waals surface area (Å²) in [6.07, 6.45) is 2.05. The average molecular weight is 850 g/mol. The molecular formula is C41H21F14N5. The number of rotatable bonds is 6. The lowest BCUT2D eigenvalue weighted by Crippen LogP contribution is -2.18. The highest BCUT2D eigenvalue weighted by Crippen LogP contribution is 2.43. The summed E-state index contributed by atoms with van der Waals surface area (Å²) in [4.78, 5) is 12.1. The standard InChI is InChI=1S/C41H21F14N5/c1-3-12(2)56-41-39(54)31(46)26(32(47)40(41)55)23-19-10-8-17(59-19)21(24-27(42)33(48)37(52)34(49)28(24)43)15-6-4-13(57-15)14-5-7-16(58-14)22(18-9-11-20(23)60-18)25-29(44)35(50)38(53)36(51)30(25)45/h4-12,56-59H,3H2,1-2H3. The van der Waals surface area contributed by atoms with Crippen molar-refractivity contribution in [1.29, 1.82) is 0 Å². The Balaban J connectivity index is 1.62. The predicted molar refractivity (Wildman–Crippen MR) is 194 cm³/mol. The number of aromatic nitrogens is 4. The van der Waals surface area contributed by atoms with E-state index in [0.717, 1.165) is 36.4 Å². The Kier molecular flexibility index (Phi) is 9.66. The van der Waals surface area contributed by atoms with E-state index in [0.29, 0.717) is 0 Å². The zero-order valence-electron chi connectivity index (χ0n) is 30.1. The van der Waals surface area contributed by atoms with Crippen LogP contribution >= 0.6 is 0 Å². The molecule has 308 valence electrons. The van der Waals surface area contributed by atoms with Gasteiger partial charge in [-0.1, -0.05) is 6.92 Å². The van der Waals surface area contributed by atoms with Crippen molar-refractivity contribution in [2.75, 3.05) is 5.32 Å². The Labute approximate surface area is 326 Å². The van der Waals surface area contributed by atoms with Gasteiger partial charge in [-0.15, -0.1) is 0 Å². The van der Waals surface area contributed by atoms with Crippen LogP contribution in [0.3, 0.4) is 0 Å². The SMILES string of the molecule is CCC(C)Nc1c(F)c(F)c(-c2c3nc(c(-c4c(F)c(F)c(F)c(F)c4F)c4ccc([nH]4)c4ccc([nH]4)c(-c4c(F)c(F)c(F)c(F)c4F)c4ccc2[nH]4)C=C3)c(F)c1F. The molecular weight excluding hydrogens is 828 g/mol. The van der Waals surface area contributed by atoms with Crippen molar-refractivity contribution in [2.45, 2.75) is 26.3 Å². The van der Waals surface area contributed by atoms with E-state index in [4.69, 9.17) is 0 Å². The van der Waals surface area contributed by atoms with Crippen molar-refractivity contribution in [3.05, 3.63) is 129 Å². The van der Waals surface area contributed by atoms with Crippen LogP contribution in [-0.2, 0) is 0 Å². The predicted octanol–water partition coefficient (Wildman–Crippen LogP) is 12.9. The summed E-state index contributed by atoms with van der Waals surface area (Å²) in [6.45, 7) is 3.05. The molecule has 1 aliphatic rings. The van der Waals surface area contributed by atoms with Gasteiger partial charge in [-0.2, -0.15) is 0 Å². The second kappa shape index (κ2) is 14.5. The molecule has 0 saturated carbocycles. The molecule has 5 nitrogen and oxygen atoms in total. The number of H-pyrrole nitrogens is 3. The summed E-state index contributed by atoms with van der Waals surface area (Å²) in [5.41, 5.74) is -11.5. The number of nitrogens with zero attached hydrogens (tertiary/aromatic N) is 1. The molecule has 60 heavy (non-hydrogen) atoms. The quantitative estimate of drug-likeness (QED) is 0.0765. The Bertz CT molecular complexity index is 3060. The zero-order valence-corrected chi connectivity index (χ0v) is 30.1. The van der Waals surface area contributed by atoms with Crippen molar-refractivity contribution < 1.29 is 61.5 Å². The fraction of sp³-hybridized carbons (Fsp3) is 0.0976. The Morgan fingerprint density at radius 1 is 0.400 bits per heavy atom. The largest absolute Gasteiger partial charge is 0.378 e. The molecule has 3 aromatic carbocycles. The minimum atomic E-state index is -2.51. The van der Waals surface area contributed by atoms with E-state index < -0.39 is 154 Å². The van der Waals surface area contributed by atoms with Gasteiger partial charge in [-0.05, 0) is 61.9 Å². The third kappa shape index (κ3) is 5.96. The molecule has 7 aromatic rings. The number of hydrogen-bond donors (Lipinski definition) is 4. The Hall–Kier alpha value is -6.79. The lowest BCUT2D eigenvalue weighted by atomic mass is 10.0. The van der Waals surface area contributed by atoms with Gasteiger partial charge in [0.05, 0.1) is 39.1 Å². The van der Waals surface area contributed by atoms with Crippen LogP contribution in [0, 0.1) is 81.4 Å². The highest BCUT2D eigenvalue weighted by molar-refractivity contribution is 6.00. The third-order valence-electron chi connectivity index (χ3n) is 10.0. The smallest absolute Gasteiger partial charge is 0.200 e. The molecule has 0 saturated heterocycles. The fourth-order valence-electron chi connectivity index (χ4n) is 6.91. The van der Waals surface area contributed by atoms with E-state index in [1.807, 2.05) is 0 Å². The van der Waals surface area contributed by atoms with Crippen LogP contribution in [0.25, 0.3) is 78.6 Å². The van der Waals surface area contributed by atoms with Crippen LogP contribution in [0.2, 0.25) is 0 Å². The van der Waals surface area contributed by atoms with Gasteiger partial charge in [0, 0.05) is 44.8 Å². The number of halogens is 14. The number of hydrogen-bond acceptors (Lipinski definition) is 2. The molecule has 0 spiro atoms. The van der Waals surface area contributed by atoms with Gasteiger partial charge < -0.3 is 20.3 Å². The van der Waals surface area contributed by atoms with Crippen LogP contribution < -0.4 is 5.32 Å². The van der Waals surface area contributed by atoms with Gasteiger partial charge in [0.15, 0.2) is 69.8 Å². The summed E-state index contributed by atoms with van der Waals surface area (Å²) in [6, 6.07) is 5.79. The average Bonchev–Trinajstić information content (AvgIpc) is 4.08. The van der Waals surface area contributed by atoms with Gasteiger partial charge in [-0.3, -0.25) is 0 Å². The summed E-state index contributed by atoms with van der Waals surface area (Å²) < 4.78 is 214. The number of fused-ring (bicyclic) bond motifs is 9. The lowest BCUT2D eigenvalue weighted by molar-refractivity contribution is 0.381. The molecule has 1 unspecified atom stereocenters. The van der Waals surface area contributed by atoms with E-state index in [1.165, 1.54) is 19.1 Å². The maximum absolute atomic E-state index is 16.3. The number of aromatic amines is 3. The second-order valence-electron chi connectivity index (χ2n) is 13.5. The first kappa shape index (κ1) is 40.0. The minimum absolute atomic E-state index is 0.0411. The fourth-order valence-corrected chi connectivity index (χ4v) is 6.91. The number of anilines is 1. The highest BCUT2D eigenvalue weighted by Gasteiger charge is 2.33. The van der Waals surface area contributed by atoms with Crippen LogP contribution in [0.15, 0.2) is 36.4 Å². The van der Waals surface area contributed by atoms with Crippen molar-refractivity contribution in [3.63, 3.8) is 0 Å². The van der Waals surface area contributed by atoms with Gasteiger partial charge in [-0.25, -0.2) is 66.4 Å². The first-order valence-electron chi connectivity index (χ1n) is 17.5. The molecule has 0 amide bonds. The van der Waals surface area contributed by atoms with E-state index >= 15 is 35.1 Å². The van der Waals surface area contributed by atoms with Crippen molar-refractivity contribution >= 4 is 50.9 Å². The maximum Gasteiger partial charge on any atom is 0.200 e. The van der Waals surface area contributed by atoms with Crippen LogP contribution in [0.1, 0.15) is 31.7 Å². The summed E-state index contributed by atoms with van der Waals surface area (Å²) in [7, 11) is 0. The molecule has 8 bridgehead atoms. The monoisotopic (exact) mass is 849 g/mol. The molecule has 8 rings (SSSR count). The van der Waals surface area contributed by atoms with Crippen molar-refractivity contribution in [3.8, 4) is 33.4 Å². The van der Waals surface area contributed by atoms with Gasteiger partial charge in [0.25, 0.3) is 0 Å². The maximum atomic E-state index is 16.3.